The molecule has 0 aliphatic heterocycles. The van der Waals surface area contributed by atoms with E-state index in [0.29, 0.717) is 24.1 Å². The third-order valence-corrected chi connectivity index (χ3v) is 3.85. The number of hydrogen-bond acceptors (Lipinski definition) is 4. The van der Waals surface area contributed by atoms with Crippen LogP contribution in [0.1, 0.15) is 5.56 Å². The summed E-state index contributed by atoms with van der Waals surface area (Å²) in [5.41, 5.74) is 1.95. The van der Waals surface area contributed by atoms with Crippen LogP contribution in [0.25, 0.3) is 11.1 Å². The van der Waals surface area contributed by atoms with Crippen molar-refractivity contribution >= 4 is 22.9 Å². The lowest BCUT2D eigenvalue weighted by Crippen LogP contribution is -2.37. The molecule has 0 aliphatic rings. The van der Waals surface area contributed by atoms with Gasteiger partial charge in [-0.15, -0.1) is 0 Å². The van der Waals surface area contributed by atoms with Crippen molar-refractivity contribution < 1.29 is 14.0 Å². The maximum atomic E-state index is 12.0. The number of carbonyl (C=O) groups excluding carboxylic acids is 2. The van der Waals surface area contributed by atoms with Gasteiger partial charge < -0.3 is 15.1 Å². The molecule has 7 nitrogen and oxygen atoms in total. The van der Waals surface area contributed by atoms with E-state index in [2.05, 4.69) is 10.6 Å². The largest absolute Gasteiger partial charge is 0.420 e. The highest BCUT2D eigenvalue weighted by Crippen LogP contribution is 2.11. The minimum absolute atomic E-state index is 0.109. The van der Waals surface area contributed by atoms with Crippen LogP contribution in [0.4, 0.5) is 0 Å². The quantitative estimate of drug-likeness (QED) is 0.622. The molecular formula is C19H19N3O4. The topological polar surface area (TPSA) is 93.3 Å². The molecule has 0 atom stereocenters. The Morgan fingerprint density at radius 2 is 1.54 bits per heavy atom. The number of nitrogens with zero attached hydrogens (tertiary/aromatic N) is 1. The van der Waals surface area contributed by atoms with Gasteiger partial charge in [0.2, 0.25) is 11.8 Å². The molecule has 2 N–H and O–H groups in total. The fourth-order valence-electron chi connectivity index (χ4n) is 2.61. The first kappa shape index (κ1) is 17.5. The third-order valence-electron chi connectivity index (χ3n) is 3.85. The van der Waals surface area contributed by atoms with E-state index in [9.17, 15) is 14.4 Å². The molecule has 0 unspecified atom stereocenters. The van der Waals surface area contributed by atoms with Crippen LogP contribution in [-0.4, -0.2) is 29.5 Å². The standard InChI is InChI=1S/C19H19N3O4/c23-17(12-14-6-2-1-3-7-14)20-10-11-21-18(24)13-22-15-8-4-5-9-16(15)26-19(22)25/h1-9H,10-13H2,(H,20,23)(H,21,24). The van der Waals surface area contributed by atoms with Crippen LogP contribution in [0.5, 0.6) is 0 Å². The molecule has 3 rings (SSSR count). The number of fused-ring (bicyclic) bond motifs is 1. The van der Waals surface area contributed by atoms with Gasteiger partial charge in [0, 0.05) is 13.1 Å². The molecule has 0 fully saturated rings. The maximum absolute atomic E-state index is 12.0. The highest BCUT2D eigenvalue weighted by molar-refractivity contribution is 5.80. The van der Waals surface area contributed by atoms with E-state index in [1.54, 1.807) is 24.3 Å². The normalized spacial score (nSPS) is 10.6. The Morgan fingerprint density at radius 1 is 0.885 bits per heavy atom. The monoisotopic (exact) mass is 353 g/mol. The Labute approximate surface area is 149 Å². The van der Waals surface area contributed by atoms with Gasteiger partial charge in [0.05, 0.1) is 11.9 Å². The first-order valence-corrected chi connectivity index (χ1v) is 8.29. The highest BCUT2D eigenvalue weighted by atomic mass is 16.4. The van der Waals surface area contributed by atoms with Gasteiger partial charge in [-0.3, -0.25) is 14.2 Å². The van der Waals surface area contributed by atoms with E-state index in [1.807, 2.05) is 30.3 Å². The second-order valence-electron chi connectivity index (χ2n) is 5.78. The molecule has 134 valence electrons. The van der Waals surface area contributed by atoms with Gasteiger partial charge in [0.25, 0.3) is 0 Å². The fraction of sp³-hybridized carbons (Fsp3) is 0.211. The summed E-state index contributed by atoms with van der Waals surface area (Å²) in [5, 5.41) is 5.42. The van der Waals surface area contributed by atoms with E-state index in [4.69, 9.17) is 4.42 Å². The van der Waals surface area contributed by atoms with Gasteiger partial charge in [-0.2, -0.15) is 0 Å². The lowest BCUT2D eigenvalue weighted by molar-refractivity contribution is -0.123. The van der Waals surface area contributed by atoms with E-state index in [-0.39, 0.29) is 24.9 Å². The van der Waals surface area contributed by atoms with Crippen LogP contribution >= 0.6 is 0 Å². The van der Waals surface area contributed by atoms with Crippen molar-refractivity contribution in [2.45, 2.75) is 13.0 Å². The van der Waals surface area contributed by atoms with E-state index < -0.39 is 5.76 Å². The second kappa shape index (κ2) is 8.15. The van der Waals surface area contributed by atoms with Crippen molar-refractivity contribution in [1.29, 1.82) is 0 Å². The van der Waals surface area contributed by atoms with E-state index >= 15 is 0 Å². The summed E-state index contributed by atoms with van der Waals surface area (Å²) in [5.74, 6) is -1.00. The Morgan fingerprint density at radius 3 is 2.31 bits per heavy atom. The molecule has 2 amide bonds. The van der Waals surface area contributed by atoms with Crippen molar-refractivity contribution in [3.8, 4) is 0 Å². The number of para-hydroxylation sites is 2. The predicted octanol–water partition coefficient (Wildman–Crippen LogP) is 1.07. The average molecular weight is 353 g/mol. The molecule has 0 saturated heterocycles. The number of aromatic nitrogens is 1. The predicted molar refractivity (Wildman–Crippen MR) is 96.6 cm³/mol. The molecule has 26 heavy (non-hydrogen) atoms. The summed E-state index contributed by atoms with van der Waals surface area (Å²) < 4.78 is 6.36. The lowest BCUT2D eigenvalue weighted by Gasteiger charge is -2.07. The van der Waals surface area contributed by atoms with Crippen LogP contribution in [0.3, 0.4) is 0 Å². The zero-order valence-corrected chi connectivity index (χ0v) is 14.1. The van der Waals surface area contributed by atoms with Crippen LogP contribution in [0, 0.1) is 0 Å². The molecule has 1 heterocycles. The molecule has 2 aromatic carbocycles. The summed E-state index contributed by atoms with van der Waals surface area (Å²) >= 11 is 0. The number of oxazole rings is 1. The van der Waals surface area contributed by atoms with Crippen LogP contribution < -0.4 is 16.4 Å². The van der Waals surface area contributed by atoms with Gasteiger partial charge in [-0.1, -0.05) is 42.5 Å². The summed E-state index contributed by atoms with van der Waals surface area (Å²) in [6.45, 7) is 0.468. The molecule has 1 aromatic heterocycles. The van der Waals surface area contributed by atoms with Crippen molar-refractivity contribution in [2.24, 2.45) is 0 Å². The van der Waals surface area contributed by atoms with Crippen molar-refractivity contribution in [1.82, 2.24) is 15.2 Å². The number of amides is 2. The Bertz CT molecular complexity index is 960. The first-order chi connectivity index (χ1) is 12.6. The molecule has 7 heteroatoms. The molecule has 0 aliphatic carbocycles. The number of benzene rings is 2. The van der Waals surface area contributed by atoms with Crippen molar-refractivity contribution in [2.75, 3.05) is 13.1 Å². The van der Waals surface area contributed by atoms with Crippen molar-refractivity contribution in [3.63, 3.8) is 0 Å². The van der Waals surface area contributed by atoms with Crippen LogP contribution in [-0.2, 0) is 22.6 Å². The van der Waals surface area contributed by atoms with Gasteiger partial charge in [0.15, 0.2) is 5.58 Å². The van der Waals surface area contributed by atoms with Gasteiger partial charge in [-0.05, 0) is 17.7 Å². The fourth-order valence-corrected chi connectivity index (χ4v) is 2.61. The Kier molecular flexibility index (Phi) is 5.48. The lowest BCUT2D eigenvalue weighted by atomic mass is 10.1. The SMILES string of the molecule is O=C(Cc1ccccc1)NCCNC(=O)Cn1c(=O)oc2ccccc21. The van der Waals surface area contributed by atoms with Gasteiger partial charge in [0.1, 0.15) is 6.54 Å². The average Bonchev–Trinajstić information content (AvgIpc) is 2.95. The zero-order chi connectivity index (χ0) is 18.4. The molecule has 0 bridgehead atoms. The highest BCUT2D eigenvalue weighted by Gasteiger charge is 2.12. The van der Waals surface area contributed by atoms with Crippen molar-refractivity contribution in [3.05, 3.63) is 70.7 Å². The summed E-state index contributed by atoms with van der Waals surface area (Å²) in [6.07, 6.45) is 0.297. The first-order valence-electron chi connectivity index (χ1n) is 8.29. The van der Waals surface area contributed by atoms with Crippen LogP contribution in [0.2, 0.25) is 0 Å². The van der Waals surface area contributed by atoms with E-state index in [1.165, 1.54) is 4.57 Å². The molecule has 0 spiro atoms. The number of rotatable bonds is 7. The zero-order valence-electron chi connectivity index (χ0n) is 14.1. The minimum Gasteiger partial charge on any atom is -0.408 e. The van der Waals surface area contributed by atoms with E-state index in [0.717, 1.165) is 5.56 Å². The summed E-state index contributed by atoms with van der Waals surface area (Å²) in [4.78, 5) is 35.7. The number of nitrogens with one attached hydrogen (secondary N) is 2. The second-order valence-corrected chi connectivity index (χ2v) is 5.78. The molecule has 0 saturated carbocycles. The minimum atomic E-state index is -0.572. The molecule has 3 aromatic rings. The number of carbonyl (C=O) groups is 2. The summed E-state index contributed by atoms with van der Waals surface area (Å²) in [6, 6.07) is 16.3. The Balaban J connectivity index is 1.44. The maximum Gasteiger partial charge on any atom is 0.420 e. The van der Waals surface area contributed by atoms with Crippen LogP contribution in [0.15, 0.2) is 63.8 Å². The Hall–Kier alpha value is -3.35. The third kappa shape index (κ3) is 4.38. The molecule has 0 radical (unpaired) electrons. The number of hydrogen-bond donors (Lipinski definition) is 2. The summed E-state index contributed by atoms with van der Waals surface area (Å²) in [7, 11) is 0. The van der Waals surface area contributed by atoms with Gasteiger partial charge in [-0.25, -0.2) is 4.79 Å². The smallest absolute Gasteiger partial charge is 0.408 e. The molecular weight excluding hydrogens is 334 g/mol. The van der Waals surface area contributed by atoms with Gasteiger partial charge >= 0.3 is 5.76 Å².